The molecule has 0 heterocycles. The summed E-state index contributed by atoms with van der Waals surface area (Å²) in [5, 5.41) is 5.69. The minimum absolute atomic E-state index is 0.156. The van der Waals surface area contributed by atoms with E-state index in [0.29, 0.717) is 27.7 Å². The van der Waals surface area contributed by atoms with Crippen LogP contribution in [0.2, 0.25) is 5.02 Å². The molecule has 5 nitrogen and oxygen atoms in total. The van der Waals surface area contributed by atoms with Gasteiger partial charge in [0.25, 0.3) is 11.8 Å². The van der Waals surface area contributed by atoms with Gasteiger partial charge in [0.1, 0.15) is 11.6 Å². The summed E-state index contributed by atoms with van der Waals surface area (Å²) >= 11 is 9.41. The van der Waals surface area contributed by atoms with E-state index in [1.165, 1.54) is 25.3 Å². The number of methoxy groups -OCH3 is 1. The van der Waals surface area contributed by atoms with Gasteiger partial charge in [-0.3, -0.25) is 9.59 Å². The predicted molar refractivity (Wildman–Crippen MR) is 114 cm³/mol. The van der Waals surface area contributed by atoms with Crippen molar-refractivity contribution in [3.05, 3.63) is 87.1 Å². The van der Waals surface area contributed by atoms with Crippen molar-refractivity contribution < 1.29 is 18.7 Å². The van der Waals surface area contributed by atoms with Gasteiger partial charge in [0.05, 0.1) is 23.4 Å². The van der Waals surface area contributed by atoms with Crippen LogP contribution in [0.3, 0.4) is 0 Å². The van der Waals surface area contributed by atoms with E-state index >= 15 is 0 Å². The lowest BCUT2D eigenvalue weighted by molar-refractivity contribution is 0.101. The van der Waals surface area contributed by atoms with E-state index in [1.807, 2.05) is 0 Å². The highest BCUT2D eigenvalue weighted by Gasteiger charge is 2.14. The van der Waals surface area contributed by atoms with E-state index in [4.69, 9.17) is 16.3 Å². The Morgan fingerprint density at radius 1 is 1.00 bits per heavy atom. The zero-order valence-electron chi connectivity index (χ0n) is 15.1. The summed E-state index contributed by atoms with van der Waals surface area (Å²) in [6, 6.07) is 15.0. The van der Waals surface area contributed by atoms with Crippen LogP contribution < -0.4 is 15.4 Å². The van der Waals surface area contributed by atoms with Crippen LogP contribution in [0.1, 0.15) is 20.7 Å². The van der Waals surface area contributed by atoms with Gasteiger partial charge < -0.3 is 15.4 Å². The molecule has 3 aromatic rings. The van der Waals surface area contributed by atoms with Crippen LogP contribution in [0.4, 0.5) is 15.8 Å². The molecule has 29 heavy (non-hydrogen) atoms. The Kier molecular flexibility index (Phi) is 6.51. The number of ether oxygens (including phenoxy) is 1. The van der Waals surface area contributed by atoms with Crippen LogP contribution in [0.15, 0.2) is 65.1 Å². The van der Waals surface area contributed by atoms with Crippen molar-refractivity contribution in [2.45, 2.75) is 0 Å². The molecule has 3 rings (SSSR count). The molecule has 0 atom stereocenters. The van der Waals surface area contributed by atoms with Gasteiger partial charge in [0.15, 0.2) is 0 Å². The van der Waals surface area contributed by atoms with Gasteiger partial charge in [-0.15, -0.1) is 0 Å². The fraction of sp³-hybridized carbons (Fsp3) is 0.0476. The molecule has 0 radical (unpaired) electrons. The first-order valence-corrected chi connectivity index (χ1v) is 9.56. The lowest BCUT2D eigenvalue weighted by atomic mass is 10.1. The average molecular weight is 478 g/mol. The Morgan fingerprint density at radius 2 is 1.79 bits per heavy atom. The van der Waals surface area contributed by atoms with Crippen molar-refractivity contribution in [3.63, 3.8) is 0 Å². The molecule has 2 amide bonds. The summed E-state index contributed by atoms with van der Waals surface area (Å²) < 4.78 is 19.4. The Balaban J connectivity index is 1.83. The van der Waals surface area contributed by atoms with Crippen molar-refractivity contribution in [1.29, 1.82) is 0 Å². The second-order valence-corrected chi connectivity index (χ2v) is 7.28. The molecule has 148 valence electrons. The van der Waals surface area contributed by atoms with Crippen LogP contribution in [0.25, 0.3) is 0 Å². The second kappa shape index (κ2) is 9.07. The average Bonchev–Trinajstić information content (AvgIpc) is 2.68. The number of anilines is 2. The number of nitrogens with one attached hydrogen (secondary N) is 2. The third-order valence-electron chi connectivity index (χ3n) is 3.97. The first-order valence-electron chi connectivity index (χ1n) is 8.39. The Bertz CT molecular complexity index is 1090. The van der Waals surface area contributed by atoms with E-state index in [2.05, 4.69) is 26.6 Å². The first-order chi connectivity index (χ1) is 13.9. The number of benzene rings is 3. The fourth-order valence-corrected chi connectivity index (χ4v) is 3.34. The maximum atomic E-state index is 13.4. The fourth-order valence-electron chi connectivity index (χ4n) is 2.58. The van der Waals surface area contributed by atoms with Gasteiger partial charge in [-0.1, -0.05) is 33.6 Å². The van der Waals surface area contributed by atoms with Gasteiger partial charge >= 0.3 is 0 Å². The Labute approximate surface area is 180 Å². The van der Waals surface area contributed by atoms with Gasteiger partial charge in [0.2, 0.25) is 0 Å². The van der Waals surface area contributed by atoms with Crippen LogP contribution in [0, 0.1) is 5.82 Å². The smallest absolute Gasteiger partial charge is 0.257 e. The molecule has 0 aliphatic heterocycles. The SMILES string of the molecule is COc1ccc(NC(=O)c2ccc(Br)cc2Cl)cc1NC(=O)c1cccc(F)c1. The third kappa shape index (κ3) is 5.13. The molecule has 0 spiro atoms. The normalized spacial score (nSPS) is 10.3. The number of hydrogen-bond acceptors (Lipinski definition) is 3. The Morgan fingerprint density at radius 3 is 2.48 bits per heavy atom. The van der Waals surface area contributed by atoms with Crippen LogP contribution in [0.5, 0.6) is 5.75 Å². The zero-order chi connectivity index (χ0) is 21.0. The molecule has 8 heteroatoms. The standard InChI is InChI=1S/C21H15BrClFN2O3/c1-29-19-8-6-15(25-21(28)16-7-5-13(22)10-17(16)23)11-18(19)26-20(27)12-3-2-4-14(24)9-12/h2-11H,1H3,(H,25,28)(H,26,27). The minimum Gasteiger partial charge on any atom is -0.495 e. The highest BCUT2D eigenvalue weighted by atomic mass is 79.9. The van der Waals surface area contributed by atoms with Gasteiger partial charge in [-0.25, -0.2) is 4.39 Å². The van der Waals surface area contributed by atoms with Crippen molar-refractivity contribution in [3.8, 4) is 5.75 Å². The molecule has 0 bridgehead atoms. The molecule has 0 saturated carbocycles. The molecule has 0 fully saturated rings. The molecule has 2 N–H and O–H groups in total. The van der Waals surface area contributed by atoms with Crippen LogP contribution in [-0.4, -0.2) is 18.9 Å². The summed E-state index contributed by atoms with van der Waals surface area (Å²) in [6.07, 6.45) is 0. The molecule has 0 aliphatic rings. The summed E-state index contributed by atoms with van der Waals surface area (Å²) in [6.45, 7) is 0. The lowest BCUT2D eigenvalue weighted by Crippen LogP contribution is -2.15. The number of carbonyl (C=O) groups excluding carboxylic acids is 2. The van der Waals surface area contributed by atoms with Crippen molar-refractivity contribution >= 4 is 50.7 Å². The highest BCUT2D eigenvalue weighted by Crippen LogP contribution is 2.29. The largest absolute Gasteiger partial charge is 0.495 e. The van der Waals surface area contributed by atoms with Gasteiger partial charge in [-0.2, -0.15) is 0 Å². The monoisotopic (exact) mass is 476 g/mol. The highest BCUT2D eigenvalue weighted by molar-refractivity contribution is 9.10. The zero-order valence-corrected chi connectivity index (χ0v) is 17.5. The number of rotatable bonds is 5. The molecular formula is C21H15BrClFN2O3. The quantitative estimate of drug-likeness (QED) is 0.491. The minimum atomic E-state index is -0.517. The van der Waals surface area contributed by atoms with Gasteiger partial charge in [-0.05, 0) is 54.6 Å². The van der Waals surface area contributed by atoms with Gasteiger partial charge in [0, 0.05) is 15.7 Å². The molecule has 0 unspecified atom stereocenters. The lowest BCUT2D eigenvalue weighted by Gasteiger charge is -2.13. The predicted octanol–water partition coefficient (Wildman–Crippen LogP) is 5.75. The molecular weight excluding hydrogens is 463 g/mol. The van der Waals surface area contributed by atoms with E-state index < -0.39 is 17.6 Å². The molecule has 0 aliphatic carbocycles. The van der Waals surface area contributed by atoms with Crippen LogP contribution in [-0.2, 0) is 0 Å². The number of halogens is 3. The first kappa shape index (κ1) is 20.8. The van der Waals surface area contributed by atoms with E-state index in [9.17, 15) is 14.0 Å². The van der Waals surface area contributed by atoms with Crippen LogP contribution >= 0.6 is 27.5 Å². The molecule has 3 aromatic carbocycles. The van der Waals surface area contributed by atoms with Crippen molar-refractivity contribution in [2.75, 3.05) is 17.7 Å². The number of carbonyl (C=O) groups is 2. The molecule has 0 aromatic heterocycles. The van der Waals surface area contributed by atoms with Crippen molar-refractivity contribution in [1.82, 2.24) is 0 Å². The maximum absolute atomic E-state index is 13.4. The summed E-state index contributed by atoms with van der Waals surface area (Å²) in [5.74, 6) is -1.05. The van der Waals surface area contributed by atoms with E-state index in [-0.39, 0.29) is 5.56 Å². The number of hydrogen-bond donors (Lipinski definition) is 2. The van der Waals surface area contributed by atoms with E-state index in [1.54, 1.807) is 36.4 Å². The maximum Gasteiger partial charge on any atom is 0.257 e. The summed E-state index contributed by atoms with van der Waals surface area (Å²) in [7, 11) is 1.45. The Hall–Kier alpha value is -2.90. The number of amides is 2. The topological polar surface area (TPSA) is 67.4 Å². The van der Waals surface area contributed by atoms with E-state index in [0.717, 1.165) is 10.5 Å². The second-order valence-electron chi connectivity index (χ2n) is 5.96. The third-order valence-corrected chi connectivity index (χ3v) is 4.77. The molecule has 0 saturated heterocycles. The summed E-state index contributed by atoms with van der Waals surface area (Å²) in [4.78, 5) is 24.9. The summed E-state index contributed by atoms with van der Waals surface area (Å²) in [5.41, 5.74) is 1.20. The van der Waals surface area contributed by atoms with Crippen molar-refractivity contribution in [2.24, 2.45) is 0 Å².